The molecule has 0 spiro atoms. The van der Waals surface area contributed by atoms with Crippen LogP contribution >= 0.6 is 0 Å². The van der Waals surface area contributed by atoms with E-state index in [1.165, 1.54) is 18.9 Å². The highest BCUT2D eigenvalue weighted by molar-refractivity contribution is 5.98. The van der Waals surface area contributed by atoms with Gasteiger partial charge in [0.15, 0.2) is 5.82 Å². The third-order valence-electron chi connectivity index (χ3n) is 9.64. The number of hydrogen-bond acceptors (Lipinski definition) is 5. The van der Waals surface area contributed by atoms with Gasteiger partial charge in [0, 0.05) is 61.6 Å². The minimum Gasteiger partial charge on any atom is -0.381 e. The predicted octanol–water partition coefficient (Wildman–Crippen LogP) is 2.46. The lowest BCUT2D eigenvalue weighted by atomic mass is 10.1. The number of carbonyl (C=O) groups excluding carboxylic acids is 1. The van der Waals surface area contributed by atoms with Crippen molar-refractivity contribution in [3.05, 3.63) is 40.3 Å². The fourth-order valence-electron chi connectivity index (χ4n) is 7.35. The highest BCUT2D eigenvalue weighted by Gasteiger charge is 2.47. The second-order valence-corrected chi connectivity index (χ2v) is 12.3. The molecule has 8 nitrogen and oxygen atoms in total. The van der Waals surface area contributed by atoms with Crippen LogP contribution in [-0.4, -0.2) is 63.3 Å². The number of nitrogens with two attached hydrogens (primary N) is 1. The van der Waals surface area contributed by atoms with Crippen molar-refractivity contribution in [1.29, 1.82) is 0 Å². The van der Waals surface area contributed by atoms with Crippen LogP contribution in [0.25, 0.3) is 28.6 Å². The van der Waals surface area contributed by atoms with Crippen LogP contribution in [0.1, 0.15) is 48.9 Å². The van der Waals surface area contributed by atoms with Crippen LogP contribution in [0.15, 0.2) is 23.2 Å². The molecule has 2 aromatic heterocycles. The maximum atomic E-state index is 16.1. The van der Waals surface area contributed by atoms with Crippen LogP contribution in [-0.2, 0) is 17.8 Å². The number of imidazole rings is 1. The first kappa shape index (κ1) is 23.8. The Morgan fingerprint density at radius 1 is 1.08 bits per heavy atom. The topological polar surface area (TPSA) is 90.7 Å². The highest BCUT2D eigenvalue weighted by atomic mass is 19.1. The zero-order valence-electron chi connectivity index (χ0n) is 22.2. The van der Waals surface area contributed by atoms with Crippen LogP contribution in [0.5, 0.6) is 0 Å². The lowest BCUT2D eigenvalue weighted by Crippen LogP contribution is -2.41. The smallest absolute Gasteiger partial charge is 0.254 e. The molecule has 39 heavy (non-hydrogen) atoms. The highest BCUT2D eigenvalue weighted by Crippen LogP contribution is 2.38. The van der Waals surface area contributed by atoms with Crippen LogP contribution in [0.4, 0.5) is 4.39 Å². The van der Waals surface area contributed by atoms with Gasteiger partial charge in [0.1, 0.15) is 16.8 Å². The fraction of sp³-hybridized carbons (Fsp3) is 0.567. The quantitative estimate of drug-likeness (QED) is 0.530. The number of halogens is 1. The van der Waals surface area contributed by atoms with Gasteiger partial charge >= 0.3 is 0 Å². The number of nitrogens with zero attached hydrogens (tertiary/aromatic N) is 5. The SMILES string of the molecule is NC1C2CCC1N(C(=O)c1cc(F)c3c(c1)nc(-c1cc4c(n1CC1CC1)=NCCC=4)n3C[C@H]1CCOC1)C2. The van der Waals surface area contributed by atoms with Crippen molar-refractivity contribution < 1.29 is 13.9 Å². The molecule has 2 aliphatic carbocycles. The summed E-state index contributed by atoms with van der Waals surface area (Å²) in [4.78, 5) is 25.4. The number of fused-ring (bicyclic) bond motifs is 4. The molecule has 4 fully saturated rings. The van der Waals surface area contributed by atoms with Crippen molar-refractivity contribution in [3.63, 3.8) is 0 Å². The molecule has 2 saturated heterocycles. The van der Waals surface area contributed by atoms with Gasteiger partial charge in [0.05, 0.1) is 17.8 Å². The van der Waals surface area contributed by atoms with E-state index in [2.05, 4.69) is 16.7 Å². The summed E-state index contributed by atoms with van der Waals surface area (Å²) < 4.78 is 26.1. The number of piperidine rings is 1. The third-order valence-corrected chi connectivity index (χ3v) is 9.64. The summed E-state index contributed by atoms with van der Waals surface area (Å²) in [5.41, 5.74) is 9.71. The number of benzene rings is 1. The van der Waals surface area contributed by atoms with E-state index in [-0.39, 0.29) is 18.0 Å². The van der Waals surface area contributed by atoms with Crippen LogP contribution in [0.2, 0.25) is 0 Å². The van der Waals surface area contributed by atoms with Gasteiger partial charge in [0.25, 0.3) is 5.91 Å². The molecule has 0 radical (unpaired) electrons. The Labute approximate surface area is 226 Å². The molecule has 8 rings (SSSR count). The maximum absolute atomic E-state index is 16.1. The number of amides is 1. The minimum atomic E-state index is -0.400. The molecule has 3 aliphatic heterocycles. The minimum absolute atomic E-state index is 0.0227. The summed E-state index contributed by atoms with van der Waals surface area (Å²) in [5.74, 6) is 1.51. The van der Waals surface area contributed by atoms with E-state index in [1.54, 1.807) is 6.07 Å². The van der Waals surface area contributed by atoms with Gasteiger partial charge in [0.2, 0.25) is 0 Å². The normalized spacial score (nSPS) is 27.7. The van der Waals surface area contributed by atoms with Crippen molar-refractivity contribution >= 4 is 23.0 Å². The Bertz CT molecular complexity index is 1600. The Morgan fingerprint density at radius 3 is 2.69 bits per heavy atom. The summed E-state index contributed by atoms with van der Waals surface area (Å²) in [7, 11) is 0. The van der Waals surface area contributed by atoms with Crippen molar-refractivity contribution in [2.75, 3.05) is 26.3 Å². The Kier molecular flexibility index (Phi) is 5.49. The molecular formula is C30H35FN6O2. The number of rotatable bonds is 6. The number of aromatic nitrogens is 3. The van der Waals surface area contributed by atoms with Crippen molar-refractivity contribution in [2.24, 2.45) is 28.5 Å². The average molecular weight is 531 g/mol. The van der Waals surface area contributed by atoms with Gasteiger partial charge in [-0.3, -0.25) is 9.79 Å². The van der Waals surface area contributed by atoms with E-state index in [4.69, 9.17) is 20.4 Å². The molecule has 2 bridgehead atoms. The first-order valence-corrected chi connectivity index (χ1v) is 14.6. The molecule has 1 aromatic carbocycles. The molecule has 9 heteroatoms. The van der Waals surface area contributed by atoms with E-state index in [0.29, 0.717) is 54.0 Å². The largest absolute Gasteiger partial charge is 0.381 e. The molecule has 204 valence electrons. The molecule has 3 unspecified atom stereocenters. The van der Waals surface area contributed by atoms with Gasteiger partial charge in [-0.1, -0.05) is 6.08 Å². The molecular weight excluding hydrogens is 495 g/mol. The lowest BCUT2D eigenvalue weighted by Gasteiger charge is -2.27. The summed E-state index contributed by atoms with van der Waals surface area (Å²) in [5, 5.41) is 1.14. The fourth-order valence-corrected chi connectivity index (χ4v) is 7.35. The van der Waals surface area contributed by atoms with Crippen molar-refractivity contribution in [3.8, 4) is 11.5 Å². The first-order valence-electron chi connectivity index (χ1n) is 14.6. The standard InChI is InChI=1S/C30H35FN6O2/c31-22-10-21(30(38)36-15-20-5-6-24(36)26(20)32)11-23-27(22)37(14-18-7-9-39-16-18)29(34-23)25-12-19-2-1-8-33-28(19)35(25)13-17-3-4-17/h2,10-12,17-18,20,24,26H,1,3-9,13-16,32H2/t18-,20?,24?,26?/m1/s1. The lowest BCUT2D eigenvalue weighted by molar-refractivity contribution is 0.0700. The zero-order chi connectivity index (χ0) is 26.2. The Hall–Kier alpha value is -3.04. The van der Waals surface area contributed by atoms with E-state index in [9.17, 15) is 4.79 Å². The van der Waals surface area contributed by atoms with Gasteiger partial charge in [-0.2, -0.15) is 0 Å². The van der Waals surface area contributed by atoms with E-state index < -0.39 is 5.82 Å². The molecule has 2 saturated carbocycles. The monoisotopic (exact) mass is 530 g/mol. The third kappa shape index (κ3) is 3.88. The predicted molar refractivity (Wildman–Crippen MR) is 145 cm³/mol. The Balaban J connectivity index is 1.27. The summed E-state index contributed by atoms with van der Waals surface area (Å²) in [6, 6.07) is 5.44. The molecule has 1 amide bonds. The molecule has 2 N–H and O–H groups in total. The van der Waals surface area contributed by atoms with Gasteiger partial charge in [-0.25, -0.2) is 9.37 Å². The van der Waals surface area contributed by atoms with E-state index in [0.717, 1.165) is 67.6 Å². The molecule has 5 aliphatic rings. The Morgan fingerprint density at radius 2 is 1.95 bits per heavy atom. The van der Waals surface area contributed by atoms with E-state index >= 15 is 4.39 Å². The summed E-state index contributed by atoms with van der Waals surface area (Å²) in [6.45, 7) is 4.37. The van der Waals surface area contributed by atoms with Gasteiger partial charge < -0.3 is 24.5 Å². The second-order valence-electron chi connectivity index (χ2n) is 12.3. The van der Waals surface area contributed by atoms with Crippen LogP contribution < -0.4 is 16.4 Å². The van der Waals surface area contributed by atoms with Gasteiger partial charge in [-0.15, -0.1) is 0 Å². The maximum Gasteiger partial charge on any atom is 0.254 e. The number of hydrogen-bond donors (Lipinski definition) is 1. The van der Waals surface area contributed by atoms with Crippen molar-refractivity contribution in [2.45, 2.75) is 63.7 Å². The summed E-state index contributed by atoms with van der Waals surface area (Å²) in [6.07, 6.45) is 8.57. The van der Waals surface area contributed by atoms with Gasteiger partial charge in [-0.05, 0) is 68.6 Å². The van der Waals surface area contributed by atoms with Crippen molar-refractivity contribution in [1.82, 2.24) is 19.0 Å². The number of likely N-dealkylation sites (tertiary alicyclic amines) is 1. The molecule has 4 atom stereocenters. The molecule has 5 heterocycles. The number of ether oxygens (including phenoxy) is 1. The first-order chi connectivity index (χ1) is 19.0. The summed E-state index contributed by atoms with van der Waals surface area (Å²) >= 11 is 0. The van der Waals surface area contributed by atoms with E-state index in [1.807, 2.05) is 9.47 Å². The number of carbonyl (C=O) groups is 1. The average Bonchev–Trinajstić information content (AvgIpc) is 3.31. The van der Waals surface area contributed by atoms with Crippen LogP contribution in [0, 0.1) is 23.6 Å². The van der Waals surface area contributed by atoms with Crippen LogP contribution in [0.3, 0.4) is 0 Å². The second kappa shape index (κ2) is 8.99. The molecule has 3 aromatic rings. The zero-order valence-corrected chi connectivity index (χ0v) is 22.2.